The first-order valence-electron chi connectivity index (χ1n) is 38.8. The normalized spacial score (nSPS) is 14.2. The van der Waals surface area contributed by atoms with Crippen molar-refractivity contribution in [2.75, 3.05) is 39.6 Å². The van der Waals surface area contributed by atoms with E-state index >= 15 is 0 Å². The molecule has 0 aromatic carbocycles. The maximum Gasteiger partial charge on any atom is 0.472 e. The maximum atomic E-state index is 13.1. The van der Waals surface area contributed by atoms with Gasteiger partial charge in [-0.05, 0) is 63.2 Å². The average Bonchev–Trinajstić information content (AvgIpc) is 1.39. The van der Waals surface area contributed by atoms with E-state index in [0.29, 0.717) is 31.6 Å². The van der Waals surface area contributed by atoms with Crippen LogP contribution < -0.4 is 0 Å². The number of allylic oxidation sites excluding steroid dienone is 4. The van der Waals surface area contributed by atoms with Gasteiger partial charge in [0.05, 0.1) is 26.4 Å². The van der Waals surface area contributed by atoms with Crippen molar-refractivity contribution in [3.8, 4) is 0 Å². The predicted octanol–water partition coefficient (Wildman–Crippen LogP) is 21.9. The van der Waals surface area contributed by atoms with Crippen LogP contribution in [0.1, 0.15) is 369 Å². The molecule has 2 unspecified atom stereocenters. The molecule has 95 heavy (non-hydrogen) atoms. The van der Waals surface area contributed by atoms with Crippen LogP contribution in [0.15, 0.2) is 24.3 Å². The Balaban J connectivity index is 5.27. The fraction of sp³-hybridized carbons (Fsp3) is 0.895. The Morgan fingerprint density at radius 3 is 0.863 bits per heavy atom. The second-order valence-electron chi connectivity index (χ2n) is 27.7. The fourth-order valence-corrected chi connectivity index (χ4v) is 12.7. The lowest BCUT2D eigenvalue weighted by Gasteiger charge is -2.21. The number of rotatable bonds is 73. The second-order valence-corrected chi connectivity index (χ2v) is 30.6. The number of unbranched alkanes of at least 4 members (excludes halogenated alkanes) is 40. The number of ether oxygens (including phenoxy) is 4. The van der Waals surface area contributed by atoms with Gasteiger partial charge in [0.2, 0.25) is 0 Å². The van der Waals surface area contributed by atoms with E-state index < -0.39 is 97.5 Å². The summed E-state index contributed by atoms with van der Waals surface area (Å²) < 4.78 is 68.5. The summed E-state index contributed by atoms with van der Waals surface area (Å²) in [5.41, 5.74) is 0. The molecule has 0 saturated heterocycles. The van der Waals surface area contributed by atoms with Gasteiger partial charge in [-0.25, -0.2) is 9.13 Å². The molecular weight excluding hydrogens is 1250 g/mol. The summed E-state index contributed by atoms with van der Waals surface area (Å²) in [5.74, 6) is -0.694. The molecule has 5 atom stereocenters. The topological polar surface area (TPSA) is 237 Å². The molecule has 0 aromatic rings. The van der Waals surface area contributed by atoms with Gasteiger partial charge in [-0.3, -0.25) is 37.3 Å². The molecule has 0 aromatic heterocycles. The number of hydrogen-bond acceptors (Lipinski definition) is 15. The lowest BCUT2D eigenvalue weighted by molar-refractivity contribution is -0.161. The summed E-state index contributed by atoms with van der Waals surface area (Å²) in [6, 6.07) is 0. The number of hydrogen-bond donors (Lipinski definition) is 3. The lowest BCUT2D eigenvalue weighted by atomic mass is 10.0. The number of carbonyl (C=O) groups is 4. The predicted molar refractivity (Wildman–Crippen MR) is 386 cm³/mol. The third kappa shape index (κ3) is 69.8. The Morgan fingerprint density at radius 2 is 0.568 bits per heavy atom. The molecule has 0 heterocycles. The van der Waals surface area contributed by atoms with Gasteiger partial charge in [-0.1, -0.05) is 316 Å². The zero-order valence-corrected chi connectivity index (χ0v) is 63.2. The van der Waals surface area contributed by atoms with Crippen molar-refractivity contribution in [1.29, 1.82) is 0 Å². The Kier molecular flexibility index (Phi) is 65.6. The summed E-state index contributed by atoms with van der Waals surface area (Å²) in [7, 11) is -9.92. The molecule has 0 radical (unpaired) electrons. The molecular formula is C76H144O17P2. The van der Waals surface area contributed by atoms with E-state index in [1.54, 1.807) is 0 Å². The molecule has 0 aliphatic carbocycles. The van der Waals surface area contributed by atoms with E-state index in [-0.39, 0.29) is 25.7 Å². The van der Waals surface area contributed by atoms with Crippen molar-refractivity contribution in [2.24, 2.45) is 11.8 Å². The molecule has 19 heteroatoms. The Morgan fingerprint density at radius 1 is 0.326 bits per heavy atom. The lowest BCUT2D eigenvalue weighted by Crippen LogP contribution is -2.30. The van der Waals surface area contributed by atoms with Gasteiger partial charge < -0.3 is 33.8 Å². The van der Waals surface area contributed by atoms with E-state index in [2.05, 4.69) is 65.8 Å². The van der Waals surface area contributed by atoms with Crippen molar-refractivity contribution in [3.05, 3.63) is 24.3 Å². The molecule has 0 saturated carbocycles. The van der Waals surface area contributed by atoms with Crippen LogP contribution in [0, 0.1) is 11.8 Å². The first-order valence-corrected chi connectivity index (χ1v) is 41.8. The zero-order chi connectivity index (χ0) is 70.0. The van der Waals surface area contributed by atoms with E-state index in [4.69, 9.17) is 37.0 Å². The smallest absolute Gasteiger partial charge is 0.462 e. The van der Waals surface area contributed by atoms with Crippen LogP contribution in [0.3, 0.4) is 0 Å². The van der Waals surface area contributed by atoms with Crippen molar-refractivity contribution < 1.29 is 80.2 Å². The summed E-state index contributed by atoms with van der Waals surface area (Å²) in [4.78, 5) is 72.8. The summed E-state index contributed by atoms with van der Waals surface area (Å²) in [5, 5.41) is 10.6. The number of esters is 4. The maximum absolute atomic E-state index is 13.1. The molecule has 560 valence electrons. The van der Waals surface area contributed by atoms with Gasteiger partial charge in [0.1, 0.15) is 19.3 Å². The summed E-state index contributed by atoms with van der Waals surface area (Å²) >= 11 is 0. The van der Waals surface area contributed by atoms with Gasteiger partial charge in [0, 0.05) is 25.7 Å². The molecule has 0 bridgehead atoms. The molecule has 0 spiro atoms. The van der Waals surface area contributed by atoms with Crippen LogP contribution in [-0.4, -0.2) is 96.7 Å². The highest BCUT2D eigenvalue weighted by Gasteiger charge is 2.30. The highest BCUT2D eigenvalue weighted by Crippen LogP contribution is 2.45. The van der Waals surface area contributed by atoms with Crippen molar-refractivity contribution in [1.82, 2.24) is 0 Å². The number of aliphatic hydroxyl groups excluding tert-OH is 1. The molecule has 0 rings (SSSR count). The zero-order valence-electron chi connectivity index (χ0n) is 61.5. The SMILES string of the molecule is CCCCCC/C=C\C=C/CCCCCCCC(=O)OC[C@H](COP(=O)(O)OC[C@@H](O)COP(=O)(O)OC[C@@H](COC(=O)CCCCCCCCC(C)C)OC(=O)CCCCCCCCCCCCCCC(C)C)OC(=O)CCCCCCCCCCCCCCCCCC. The van der Waals surface area contributed by atoms with Crippen LogP contribution in [-0.2, 0) is 65.4 Å². The van der Waals surface area contributed by atoms with Gasteiger partial charge >= 0.3 is 39.5 Å². The van der Waals surface area contributed by atoms with Crippen LogP contribution in [0.4, 0.5) is 0 Å². The van der Waals surface area contributed by atoms with E-state index in [1.165, 1.54) is 161 Å². The highest BCUT2D eigenvalue weighted by molar-refractivity contribution is 7.47. The molecule has 0 aliphatic rings. The Bertz CT molecular complexity index is 1930. The van der Waals surface area contributed by atoms with Gasteiger partial charge in [0.15, 0.2) is 12.2 Å². The number of carbonyl (C=O) groups excluding carboxylic acids is 4. The molecule has 3 N–H and O–H groups in total. The average molecular weight is 1390 g/mol. The molecule has 0 fully saturated rings. The molecule has 0 aliphatic heterocycles. The number of phosphoric ester groups is 2. The van der Waals surface area contributed by atoms with Crippen LogP contribution >= 0.6 is 15.6 Å². The number of aliphatic hydroxyl groups is 1. The Labute approximate surface area is 580 Å². The van der Waals surface area contributed by atoms with Crippen LogP contribution in [0.25, 0.3) is 0 Å². The first-order chi connectivity index (χ1) is 45.9. The van der Waals surface area contributed by atoms with E-state index in [1.807, 2.05) is 0 Å². The van der Waals surface area contributed by atoms with Crippen LogP contribution in [0.5, 0.6) is 0 Å². The van der Waals surface area contributed by atoms with Crippen LogP contribution in [0.2, 0.25) is 0 Å². The standard InChI is InChI=1S/C76H144O17P2/c1-7-9-11-13-15-17-19-21-23-25-27-32-36-40-48-54-60-75(80)92-71(64-86-73(78)58-52-46-39-35-31-26-24-22-20-18-16-14-12-10-8-2)66-90-94(82,83)88-62-70(77)63-89-95(84,85)91-67-72(65-87-74(79)59-53-47-43-42-45-51-57-69(5)6)93-76(81)61-55-49-41-37-33-29-28-30-34-38-44-50-56-68(3)4/h18,20,22,24,68-72,77H,7-17,19,21,23,25-67H2,1-6H3,(H,82,83)(H,84,85)/b20-18-,24-22-/t70-,71-,72-/m1/s1. The third-order valence-corrected chi connectivity index (χ3v) is 19.0. The van der Waals surface area contributed by atoms with Gasteiger partial charge in [0.25, 0.3) is 0 Å². The molecule has 0 amide bonds. The van der Waals surface area contributed by atoms with Crippen molar-refractivity contribution >= 4 is 39.5 Å². The Hall–Kier alpha value is -2.46. The monoisotopic (exact) mass is 1390 g/mol. The quantitative estimate of drug-likeness (QED) is 0.0169. The van der Waals surface area contributed by atoms with Crippen molar-refractivity contribution in [3.63, 3.8) is 0 Å². The van der Waals surface area contributed by atoms with E-state index in [0.717, 1.165) is 121 Å². The summed E-state index contributed by atoms with van der Waals surface area (Å²) in [6.07, 6.45) is 57.8. The highest BCUT2D eigenvalue weighted by atomic mass is 31.2. The first kappa shape index (κ1) is 92.5. The minimum Gasteiger partial charge on any atom is -0.462 e. The summed E-state index contributed by atoms with van der Waals surface area (Å²) in [6.45, 7) is 9.46. The largest absolute Gasteiger partial charge is 0.472 e. The van der Waals surface area contributed by atoms with Gasteiger partial charge in [-0.2, -0.15) is 0 Å². The van der Waals surface area contributed by atoms with Crippen molar-refractivity contribution in [2.45, 2.75) is 387 Å². The number of phosphoric acid groups is 2. The fourth-order valence-electron chi connectivity index (χ4n) is 11.1. The second kappa shape index (κ2) is 67.4. The minimum absolute atomic E-state index is 0.101. The van der Waals surface area contributed by atoms with Gasteiger partial charge in [-0.15, -0.1) is 0 Å². The minimum atomic E-state index is -4.96. The third-order valence-electron chi connectivity index (χ3n) is 17.1. The molecule has 17 nitrogen and oxygen atoms in total. The van der Waals surface area contributed by atoms with E-state index in [9.17, 15) is 43.2 Å².